The van der Waals surface area contributed by atoms with E-state index in [9.17, 15) is 14.4 Å². The van der Waals surface area contributed by atoms with Crippen molar-refractivity contribution in [3.05, 3.63) is 47.0 Å². The Balaban J connectivity index is 2.46. The van der Waals surface area contributed by atoms with Gasteiger partial charge in [-0.25, -0.2) is 4.99 Å². The molecule has 164 valence electrons. The predicted octanol–water partition coefficient (Wildman–Crippen LogP) is 4.97. The summed E-state index contributed by atoms with van der Waals surface area (Å²) in [6.07, 6.45) is 0.519. The topological polar surface area (TPSA) is 99.7 Å². The molecular formula is C23H27ClN4O3. The van der Waals surface area contributed by atoms with Crippen molar-refractivity contribution in [1.82, 2.24) is 0 Å². The number of ketones is 1. The van der Waals surface area contributed by atoms with E-state index >= 15 is 0 Å². The van der Waals surface area contributed by atoms with Crippen LogP contribution in [-0.4, -0.2) is 30.4 Å². The zero-order valence-electron chi connectivity index (χ0n) is 18.3. The Bertz CT molecular complexity index is 1030. The lowest BCUT2D eigenvalue weighted by Gasteiger charge is -2.18. The van der Waals surface area contributed by atoms with Crippen LogP contribution in [0, 0.1) is 12.3 Å². The van der Waals surface area contributed by atoms with E-state index in [0.29, 0.717) is 17.8 Å². The molecule has 0 saturated heterocycles. The molecule has 0 aromatic heterocycles. The number of hydrogen-bond donors (Lipinski definition) is 3. The summed E-state index contributed by atoms with van der Waals surface area (Å²) in [6.45, 7) is 9.80. The van der Waals surface area contributed by atoms with Gasteiger partial charge in [-0.3, -0.25) is 14.4 Å². The second kappa shape index (κ2) is 10.2. The predicted molar refractivity (Wildman–Crippen MR) is 127 cm³/mol. The first kappa shape index (κ1) is 24.1. The number of Topliss-reactive ketones (excluding diaryl/α,β-unsaturated/α-hetero) is 1. The first-order valence-corrected chi connectivity index (χ1v) is 10.2. The monoisotopic (exact) mass is 442 g/mol. The number of carbonyl (C=O) groups is 3. The highest BCUT2D eigenvalue weighted by atomic mass is 35.5. The number of anilines is 3. The third kappa shape index (κ3) is 6.39. The van der Waals surface area contributed by atoms with Crippen LogP contribution in [0.1, 0.15) is 33.3 Å². The molecule has 0 aliphatic carbocycles. The summed E-state index contributed by atoms with van der Waals surface area (Å²) in [5.41, 5.74) is 1.93. The zero-order chi connectivity index (χ0) is 23.2. The molecule has 7 nitrogen and oxygen atoms in total. The average Bonchev–Trinajstić information content (AvgIpc) is 2.69. The van der Waals surface area contributed by atoms with Gasteiger partial charge in [0.25, 0.3) is 5.91 Å². The summed E-state index contributed by atoms with van der Waals surface area (Å²) in [4.78, 5) is 41.2. The first-order chi connectivity index (χ1) is 14.6. The van der Waals surface area contributed by atoms with Crippen LogP contribution in [0.15, 0.2) is 41.4 Å². The molecule has 0 aliphatic rings. The van der Waals surface area contributed by atoms with Crippen LogP contribution in [0.5, 0.6) is 0 Å². The van der Waals surface area contributed by atoms with Crippen molar-refractivity contribution in [2.75, 3.05) is 22.5 Å². The fraction of sp³-hybridized carbons (Fsp3) is 0.304. The van der Waals surface area contributed by atoms with Gasteiger partial charge >= 0.3 is 0 Å². The van der Waals surface area contributed by atoms with Crippen molar-refractivity contribution < 1.29 is 14.4 Å². The molecule has 3 N–H and O–H groups in total. The van der Waals surface area contributed by atoms with Gasteiger partial charge in [-0.15, -0.1) is 0 Å². The van der Waals surface area contributed by atoms with Crippen LogP contribution in [-0.2, 0) is 14.4 Å². The minimum Gasteiger partial charge on any atom is -0.385 e. The standard InChI is InChI=1S/C23H27ClN4O3/c1-6-25-15-8-10-18(14(2)11-15)27-20(21(30)23(3,4)5)22(31)28-19-12-16(26-13-29)7-9-17(19)24/h7-13,25H,6H2,1-5H3,(H,26,29)(H,28,31). The molecule has 2 aromatic carbocycles. The lowest BCUT2D eigenvalue weighted by Crippen LogP contribution is -2.37. The van der Waals surface area contributed by atoms with E-state index in [0.717, 1.165) is 17.8 Å². The summed E-state index contributed by atoms with van der Waals surface area (Å²) in [6, 6.07) is 10.1. The highest BCUT2D eigenvalue weighted by Gasteiger charge is 2.31. The lowest BCUT2D eigenvalue weighted by atomic mass is 9.87. The molecule has 0 spiro atoms. The molecule has 0 saturated carbocycles. The number of aliphatic imine (C=N–C) groups is 1. The lowest BCUT2D eigenvalue weighted by molar-refractivity contribution is -0.121. The maximum absolute atomic E-state index is 13.1. The van der Waals surface area contributed by atoms with Crippen LogP contribution in [0.3, 0.4) is 0 Å². The largest absolute Gasteiger partial charge is 0.385 e. The van der Waals surface area contributed by atoms with Gasteiger partial charge in [-0.2, -0.15) is 0 Å². The molecule has 0 atom stereocenters. The Morgan fingerprint density at radius 1 is 1.10 bits per heavy atom. The number of hydrogen-bond acceptors (Lipinski definition) is 5. The summed E-state index contributed by atoms with van der Waals surface area (Å²) >= 11 is 6.18. The summed E-state index contributed by atoms with van der Waals surface area (Å²) in [5, 5.41) is 8.61. The fourth-order valence-electron chi connectivity index (χ4n) is 2.74. The minimum absolute atomic E-state index is 0.225. The third-order valence-electron chi connectivity index (χ3n) is 4.36. The maximum Gasteiger partial charge on any atom is 0.278 e. The summed E-state index contributed by atoms with van der Waals surface area (Å²) in [5.74, 6) is -1.08. The van der Waals surface area contributed by atoms with Crippen molar-refractivity contribution in [2.24, 2.45) is 10.4 Å². The molecule has 2 rings (SSSR count). The Hall–Kier alpha value is -3.19. The van der Waals surface area contributed by atoms with Crippen LogP contribution in [0.4, 0.5) is 22.7 Å². The number of nitrogens with one attached hydrogen (secondary N) is 3. The van der Waals surface area contributed by atoms with Gasteiger partial charge in [-0.1, -0.05) is 32.4 Å². The number of rotatable bonds is 8. The molecule has 2 amide bonds. The highest BCUT2D eigenvalue weighted by molar-refractivity contribution is 6.68. The van der Waals surface area contributed by atoms with Gasteiger partial charge in [0, 0.05) is 23.3 Å². The highest BCUT2D eigenvalue weighted by Crippen LogP contribution is 2.27. The van der Waals surface area contributed by atoms with Gasteiger partial charge in [0.05, 0.1) is 16.4 Å². The van der Waals surface area contributed by atoms with Crippen molar-refractivity contribution in [1.29, 1.82) is 0 Å². The van der Waals surface area contributed by atoms with E-state index in [2.05, 4.69) is 20.9 Å². The van der Waals surface area contributed by atoms with Crippen LogP contribution in [0.2, 0.25) is 5.02 Å². The Kier molecular flexibility index (Phi) is 7.94. The molecule has 2 aromatic rings. The quantitative estimate of drug-likeness (QED) is 0.305. The number of nitrogens with zero attached hydrogens (tertiary/aromatic N) is 1. The second-order valence-corrected chi connectivity index (χ2v) is 8.39. The summed E-state index contributed by atoms with van der Waals surface area (Å²) in [7, 11) is 0. The van der Waals surface area contributed by atoms with Crippen molar-refractivity contribution in [3.63, 3.8) is 0 Å². The van der Waals surface area contributed by atoms with Crippen molar-refractivity contribution in [3.8, 4) is 0 Å². The minimum atomic E-state index is -0.821. The molecule has 0 heterocycles. The van der Waals surface area contributed by atoms with E-state index in [4.69, 9.17) is 11.6 Å². The van der Waals surface area contributed by atoms with E-state index in [1.807, 2.05) is 26.0 Å². The Labute approximate surface area is 187 Å². The zero-order valence-corrected chi connectivity index (χ0v) is 19.1. The van der Waals surface area contributed by atoms with Crippen LogP contribution in [0.25, 0.3) is 0 Å². The molecule has 0 bridgehead atoms. The van der Waals surface area contributed by atoms with Gasteiger partial charge in [0.2, 0.25) is 6.41 Å². The van der Waals surface area contributed by atoms with Gasteiger partial charge in [0.1, 0.15) is 0 Å². The van der Waals surface area contributed by atoms with Crippen LogP contribution >= 0.6 is 11.6 Å². The van der Waals surface area contributed by atoms with Crippen LogP contribution < -0.4 is 16.0 Å². The molecule has 0 unspecified atom stereocenters. The molecule has 0 aliphatic heterocycles. The van der Waals surface area contributed by atoms with Gasteiger partial charge < -0.3 is 16.0 Å². The van der Waals surface area contributed by atoms with Crippen molar-refractivity contribution in [2.45, 2.75) is 34.6 Å². The maximum atomic E-state index is 13.1. The number of halogens is 1. The number of amides is 2. The second-order valence-electron chi connectivity index (χ2n) is 7.98. The molecular weight excluding hydrogens is 416 g/mol. The number of carbonyl (C=O) groups excluding carboxylic acids is 3. The normalized spacial score (nSPS) is 11.6. The van der Waals surface area contributed by atoms with Gasteiger partial charge in [-0.05, 0) is 55.8 Å². The molecule has 0 fully saturated rings. The summed E-state index contributed by atoms with van der Waals surface area (Å²) < 4.78 is 0. The first-order valence-electron chi connectivity index (χ1n) is 9.86. The smallest absolute Gasteiger partial charge is 0.278 e. The third-order valence-corrected chi connectivity index (χ3v) is 4.69. The van der Waals surface area contributed by atoms with E-state index in [1.54, 1.807) is 32.9 Å². The fourth-order valence-corrected chi connectivity index (χ4v) is 2.90. The van der Waals surface area contributed by atoms with E-state index in [1.165, 1.54) is 12.1 Å². The van der Waals surface area contributed by atoms with Crippen molar-refractivity contribution >= 4 is 58.2 Å². The number of aryl methyl sites for hydroxylation is 1. The van der Waals surface area contributed by atoms with E-state index in [-0.39, 0.29) is 16.4 Å². The Morgan fingerprint density at radius 3 is 2.35 bits per heavy atom. The Morgan fingerprint density at radius 2 is 1.77 bits per heavy atom. The molecule has 8 heteroatoms. The SMILES string of the molecule is CCNc1ccc(N=C(C(=O)Nc2cc(NC=O)ccc2Cl)C(=O)C(C)(C)C)c(C)c1. The number of benzene rings is 2. The molecule has 31 heavy (non-hydrogen) atoms. The van der Waals surface area contributed by atoms with E-state index < -0.39 is 17.1 Å². The molecule has 0 radical (unpaired) electrons. The average molecular weight is 443 g/mol. The van der Waals surface area contributed by atoms with Gasteiger partial charge in [0.15, 0.2) is 11.5 Å².